The van der Waals surface area contributed by atoms with Gasteiger partial charge >= 0.3 is 5.97 Å². The molecule has 1 aliphatic rings. The van der Waals surface area contributed by atoms with Crippen LogP contribution in [0.4, 0.5) is 10.1 Å². The molecule has 0 saturated heterocycles. The summed E-state index contributed by atoms with van der Waals surface area (Å²) in [4.78, 5) is 22.8. The predicted molar refractivity (Wildman–Crippen MR) is 72.2 cm³/mol. The lowest BCUT2D eigenvalue weighted by molar-refractivity contribution is -0.115. The van der Waals surface area contributed by atoms with Gasteiger partial charge in [-0.1, -0.05) is 12.8 Å². The van der Waals surface area contributed by atoms with Crippen molar-refractivity contribution in [2.45, 2.75) is 31.7 Å². The summed E-state index contributed by atoms with van der Waals surface area (Å²) in [6.45, 7) is 0.0975. The molecule has 1 fully saturated rings. The Bertz CT molecular complexity index is 513. The standard InChI is InChI=1S/C14H17FN2O3/c15-9-5-6-11(14(19)20)12(7-9)17-13(18)8-16-10-3-1-2-4-10/h5-7,10,16H,1-4,8H2,(H,17,18)(H,19,20). The van der Waals surface area contributed by atoms with Gasteiger partial charge in [-0.25, -0.2) is 9.18 Å². The molecule has 20 heavy (non-hydrogen) atoms. The van der Waals surface area contributed by atoms with Crippen molar-refractivity contribution in [2.24, 2.45) is 0 Å². The second-order valence-electron chi connectivity index (χ2n) is 4.91. The number of carboxylic acid groups (broad SMARTS) is 1. The number of carboxylic acids is 1. The molecule has 0 spiro atoms. The summed E-state index contributed by atoms with van der Waals surface area (Å²) >= 11 is 0. The van der Waals surface area contributed by atoms with E-state index < -0.39 is 11.8 Å². The molecule has 3 N–H and O–H groups in total. The normalized spacial score (nSPS) is 15.2. The van der Waals surface area contributed by atoms with Crippen LogP contribution in [0, 0.1) is 5.82 Å². The number of hydrogen-bond acceptors (Lipinski definition) is 3. The van der Waals surface area contributed by atoms with Crippen LogP contribution in [0.25, 0.3) is 0 Å². The number of carbonyl (C=O) groups is 2. The molecule has 0 aromatic heterocycles. The van der Waals surface area contributed by atoms with Crippen molar-refractivity contribution in [1.29, 1.82) is 0 Å². The Balaban J connectivity index is 1.96. The zero-order valence-electron chi connectivity index (χ0n) is 11.0. The zero-order chi connectivity index (χ0) is 14.5. The van der Waals surface area contributed by atoms with Crippen molar-refractivity contribution in [3.05, 3.63) is 29.6 Å². The minimum atomic E-state index is -1.20. The lowest BCUT2D eigenvalue weighted by atomic mass is 10.1. The molecule has 0 bridgehead atoms. The molecule has 1 aliphatic carbocycles. The quantitative estimate of drug-likeness (QED) is 0.770. The van der Waals surface area contributed by atoms with Gasteiger partial charge in [0.2, 0.25) is 5.91 Å². The molecule has 1 aromatic carbocycles. The van der Waals surface area contributed by atoms with Crippen molar-refractivity contribution in [3.8, 4) is 0 Å². The van der Waals surface area contributed by atoms with Crippen molar-refractivity contribution in [1.82, 2.24) is 5.32 Å². The van der Waals surface area contributed by atoms with Gasteiger partial charge in [0, 0.05) is 6.04 Å². The number of benzene rings is 1. The lowest BCUT2D eigenvalue weighted by Gasteiger charge is -2.12. The highest BCUT2D eigenvalue weighted by molar-refractivity contribution is 6.01. The van der Waals surface area contributed by atoms with Gasteiger partial charge < -0.3 is 15.7 Å². The summed E-state index contributed by atoms with van der Waals surface area (Å²) in [7, 11) is 0. The maximum Gasteiger partial charge on any atom is 0.337 e. The summed E-state index contributed by atoms with van der Waals surface area (Å²) < 4.78 is 13.1. The number of amides is 1. The van der Waals surface area contributed by atoms with E-state index in [1.807, 2.05) is 0 Å². The first-order valence-corrected chi connectivity index (χ1v) is 6.62. The molecular formula is C14H17FN2O3. The number of hydrogen-bond donors (Lipinski definition) is 3. The molecule has 0 heterocycles. The summed E-state index contributed by atoms with van der Waals surface area (Å²) in [5.74, 6) is -2.16. The molecule has 1 saturated carbocycles. The van der Waals surface area contributed by atoms with Crippen LogP contribution in [0.5, 0.6) is 0 Å². The van der Waals surface area contributed by atoms with E-state index in [-0.39, 0.29) is 23.7 Å². The van der Waals surface area contributed by atoms with Crippen LogP contribution in [0.1, 0.15) is 36.0 Å². The smallest absolute Gasteiger partial charge is 0.337 e. The van der Waals surface area contributed by atoms with Crippen LogP contribution in [0.15, 0.2) is 18.2 Å². The Morgan fingerprint density at radius 1 is 1.30 bits per heavy atom. The van der Waals surface area contributed by atoms with Crippen molar-refractivity contribution < 1.29 is 19.1 Å². The Labute approximate surface area is 116 Å². The zero-order valence-corrected chi connectivity index (χ0v) is 11.0. The van der Waals surface area contributed by atoms with Gasteiger partial charge in [0.25, 0.3) is 0 Å². The van der Waals surface area contributed by atoms with Crippen molar-refractivity contribution >= 4 is 17.6 Å². The fraction of sp³-hybridized carbons (Fsp3) is 0.429. The van der Waals surface area contributed by atoms with Crippen LogP contribution in [-0.2, 0) is 4.79 Å². The van der Waals surface area contributed by atoms with Gasteiger partial charge in [-0.3, -0.25) is 4.79 Å². The molecular weight excluding hydrogens is 263 g/mol. The maximum atomic E-state index is 13.1. The highest BCUT2D eigenvalue weighted by Gasteiger charge is 2.17. The maximum absolute atomic E-state index is 13.1. The second kappa shape index (κ2) is 6.47. The van der Waals surface area contributed by atoms with Gasteiger partial charge in [0.15, 0.2) is 0 Å². The molecule has 0 unspecified atom stereocenters. The van der Waals surface area contributed by atoms with E-state index in [9.17, 15) is 14.0 Å². The summed E-state index contributed by atoms with van der Waals surface area (Å²) in [5.41, 5.74) is -0.142. The Kier molecular flexibility index (Phi) is 4.68. The Hall–Kier alpha value is -1.95. The third-order valence-electron chi connectivity index (χ3n) is 3.39. The summed E-state index contributed by atoms with van der Waals surface area (Å²) in [6, 6.07) is 3.54. The van der Waals surface area contributed by atoms with E-state index in [2.05, 4.69) is 10.6 Å². The van der Waals surface area contributed by atoms with E-state index in [0.29, 0.717) is 6.04 Å². The first-order valence-electron chi connectivity index (χ1n) is 6.62. The highest BCUT2D eigenvalue weighted by atomic mass is 19.1. The molecule has 0 radical (unpaired) electrons. The molecule has 108 valence electrons. The molecule has 2 rings (SSSR count). The lowest BCUT2D eigenvalue weighted by Crippen LogP contribution is -2.34. The monoisotopic (exact) mass is 280 g/mol. The number of nitrogens with one attached hydrogen (secondary N) is 2. The topological polar surface area (TPSA) is 78.4 Å². The van der Waals surface area contributed by atoms with E-state index in [0.717, 1.165) is 43.9 Å². The second-order valence-corrected chi connectivity index (χ2v) is 4.91. The van der Waals surface area contributed by atoms with Gasteiger partial charge in [0.05, 0.1) is 17.8 Å². The number of carbonyl (C=O) groups excluding carboxylic acids is 1. The minimum absolute atomic E-state index is 0.0179. The highest BCUT2D eigenvalue weighted by Crippen LogP contribution is 2.18. The molecule has 0 aliphatic heterocycles. The number of anilines is 1. The fourth-order valence-corrected chi connectivity index (χ4v) is 2.37. The first-order chi connectivity index (χ1) is 9.56. The van der Waals surface area contributed by atoms with Crippen LogP contribution >= 0.6 is 0 Å². The summed E-state index contributed by atoms with van der Waals surface area (Å²) in [5, 5.41) is 14.5. The molecule has 6 heteroatoms. The number of aromatic carboxylic acids is 1. The van der Waals surface area contributed by atoms with Crippen molar-refractivity contribution in [2.75, 3.05) is 11.9 Å². The Morgan fingerprint density at radius 3 is 2.65 bits per heavy atom. The van der Waals surface area contributed by atoms with E-state index in [1.54, 1.807) is 0 Å². The third kappa shape index (κ3) is 3.77. The molecule has 5 nitrogen and oxygen atoms in total. The van der Waals surface area contributed by atoms with Crippen molar-refractivity contribution in [3.63, 3.8) is 0 Å². The van der Waals surface area contributed by atoms with Gasteiger partial charge in [-0.05, 0) is 31.0 Å². The van der Waals surface area contributed by atoms with Crippen LogP contribution in [-0.4, -0.2) is 29.6 Å². The fourth-order valence-electron chi connectivity index (χ4n) is 2.37. The van der Waals surface area contributed by atoms with Gasteiger partial charge in [0.1, 0.15) is 5.82 Å². The van der Waals surface area contributed by atoms with E-state index >= 15 is 0 Å². The average Bonchev–Trinajstić information content (AvgIpc) is 2.89. The van der Waals surface area contributed by atoms with E-state index in [1.165, 1.54) is 0 Å². The first kappa shape index (κ1) is 14.5. The van der Waals surface area contributed by atoms with Gasteiger partial charge in [-0.2, -0.15) is 0 Å². The molecule has 0 atom stereocenters. The number of rotatable bonds is 5. The summed E-state index contributed by atoms with van der Waals surface area (Å²) in [6.07, 6.45) is 4.42. The minimum Gasteiger partial charge on any atom is -0.478 e. The predicted octanol–water partition coefficient (Wildman–Crippen LogP) is 1.99. The Morgan fingerprint density at radius 2 is 2.00 bits per heavy atom. The SMILES string of the molecule is O=C(CNC1CCCC1)Nc1cc(F)ccc1C(=O)O. The van der Waals surface area contributed by atoms with Crippen LogP contribution in [0.2, 0.25) is 0 Å². The third-order valence-corrected chi connectivity index (χ3v) is 3.39. The van der Waals surface area contributed by atoms with Crippen LogP contribution in [0.3, 0.4) is 0 Å². The van der Waals surface area contributed by atoms with E-state index in [4.69, 9.17) is 5.11 Å². The molecule has 1 amide bonds. The average molecular weight is 280 g/mol. The number of halogens is 1. The molecule has 1 aromatic rings. The largest absolute Gasteiger partial charge is 0.478 e. The van der Waals surface area contributed by atoms with Crippen LogP contribution < -0.4 is 10.6 Å². The van der Waals surface area contributed by atoms with Gasteiger partial charge in [-0.15, -0.1) is 0 Å².